The van der Waals surface area contributed by atoms with E-state index in [1.165, 1.54) is 64.2 Å². The van der Waals surface area contributed by atoms with Crippen molar-refractivity contribution in [3.8, 4) is 0 Å². The Labute approximate surface area is 179 Å². The van der Waals surface area contributed by atoms with E-state index in [1.807, 2.05) is 0 Å². The summed E-state index contributed by atoms with van der Waals surface area (Å²) in [7, 11) is 0. The molecule has 0 radical (unpaired) electrons. The maximum atomic E-state index is 12.1. The highest BCUT2D eigenvalue weighted by Gasteiger charge is 2.60. The largest absolute Gasteiger partial charge is 0.396 e. The number of fused-ring (bicyclic) bond motifs is 5. The number of Topliss-reactive ketones (excluding diaryl/α,β-unsaturated/α-hetero) is 1. The number of hydrogen-bond acceptors (Lipinski definition) is 2. The van der Waals surface area contributed by atoms with Gasteiger partial charge in [-0.1, -0.05) is 40.5 Å². The average molecular weight is 403 g/mol. The first-order valence-electron chi connectivity index (χ1n) is 12.9. The van der Waals surface area contributed by atoms with Crippen molar-refractivity contribution in [1.29, 1.82) is 0 Å². The first-order valence-corrected chi connectivity index (χ1v) is 12.9. The second-order valence-electron chi connectivity index (χ2n) is 12.3. The van der Waals surface area contributed by atoms with Crippen molar-refractivity contribution in [2.75, 3.05) is 6.61 Å². The summed E-state index contributed by atoms with van der Waals surface area (Å²) in [5, 5.41) is 9.32. The van der Waals surface area contributed by atoms with Gasteiger partial charge in [0.15, 0.2) is 0 Å². The summed E-state index contributed by atoms with van der Waals surface area (Å²) in [5.74, 6) is 6.14. The van der Waals surface area contributed by atoms with E-state index in [-0.39, 0.29) is 0 Å². The Bertz CT molecular complexity index is 599. The highest BCUT2D eigenvalue weighted by molar-refractivity contribution is 5.79. The molecular formula is C27H46O2. The molecule has 2 heteroatoms. The molecule has 4 saturated carbocycles. The zero-order chi connectivity index (χ0) is 20.8. The number of carbonyl (C=O) groups is 1. The summed E-state index contributed by atoms with van der Waals surface area (Å²) >= 11 is 0. The van der Waals surface area contributed by atoms with Crippen LogP contribution in [0.2, 0.25) is 0 Å². The van der Waals surface area contributed by atoms with Gasteiger partial charge in [-0.2, -0.15) is 0 Å². The van der Waals surface area contributed by atoms with Gasteiger partial charge in [-0.15, -0.1) is 0 Å². The van der Waals surface area contributed by atoms with E-state index in [4.69, 9.17) is 0 Å². The standard InChI is InChI=1S/C27H46O2/c1-18(17-28)6-5-7-19(2)23-10-11-24-22-9-8-20-16-21(29)12-14-26(20,3)25(22)13-15-27(23,24)4/h18-20,22-25,28H,5-17H2,1-4H3/t18-,19-,20-,22+,23-,24-,25-,26-,27-/m1/s1. The molecular weight excluding hydrogens is 356 g/mol. The lowest BCUT2D eigenvalue weighted by atomic mass is 9.44. The summed E-state index contributed by atoms with van der Waals surface area (Å²) in [6, 6.07) is 0. The van der Waals surface area contributed by atoms with Crippen LogP contribution in [0.4, 0.5) is 0 Å². The topological polar surface area (TPSA) is 37.3 Å². The molecule has 0 aromatic carbocycles. The molecule has 0 spiro atoms. The fourth-order valence-corrected chi connectivity index (χ4v) is 9.10. The molecule has 2 nitrogen and oxygen atoms in total. The van der Waals surface area contributed by atoms with E-state index in [9.17, 15) is 9.90 Å². The fourth-order valence-electron chi connectivity index (χ4n) is 9.10. The van der Waals surface area contributed by atoms with Gasteiger partial charge in [-0.05, 0) is 104 Å². The molecule has 4 fully saturated rings. The Morgan fingerprint density at radius 3 is 2.48 bits per heavy atom. The highest BCUT2D eigenvalue weighted by Crippen LogP contribution is 2.68. The second kappa shape index (κ2) is 8.29. The Morgan fingerprint density at radius 2 is 1.72 bits per heavy atom. The van der Waals surface area contributed by atoms with Gasteiger partial charge >= 0.3 is 0 Å². The van der Waals surface area contributed by atoms with Crippen LogP contribution in [0.25, 0.3) is 0 Å². The van der Waals surface area contributed by atoms with Gasteiger partial charge in [0.25, 0.3) is 0 Å². The molecule has 29 heavy (non-hydrogen) atoms. The number of ketones is 1. The first kappa shape index (κ1) is 21.8. The minimum atomic E-state index is 0.339. The van der Waals surface area contributed by atoms with Crippen LogP contribution >= 0.6 is 0 Å². The van der Waals surface area contributed by atoms with Crippen molar-refractivity contribution < 1.29 is 9.90 Å². The molecule has 0 heterocycles. The highest BCUT2D eigenvalue weighted by atomic mass is 16.3. The van der Waals surface area contributed by atoms with Crippen LogP contribution in [-0.4, -0.2) is 17.5 Å². The van der Waals surface area contributed by atoms with E-state index >= 15 is 0 Å². The maximum absolute atomic E-state index is 12.1. The van der Waals surface area contributed by atoms with Gasteiger partial charge in [0.1, 0.15) is 5.78 Å². The molecule has 4 rings (SSSR count). The SMILES string of the molecule is C[C@@H](CO)CCC[C@@H](C)[C@H]1CC[C@@H]2[C@@H]3CC[C@@H]4CC(=O)CC[C@@]4(C)[C@@H]3CC[C@@]21C. The molecule has 0 unspecified atom stereocenters. The zero-order valence-corrected chi connectivity index (χ0v) is 19.6. The summed E-state index contributed by atoms with van der Waals surface area (Å²) in [6.07, 6.45) is 15.2. The maximum Gasteiger partial charge on any atom is 0.133 e. The van der Waals surface area contributed by atoms with E-state index in [1.54, 1.807) is 0 Å². The van der Waals surface area contributed by atoms with Gasteiger partial charge in [0.2, 0.25) is 0 Å². The van der Waals surface area contributed by atoms with Gasteiger partial charge < -0.3 is 5.11 Å². The van der Waals surface area contributed by atoms with Crippen LogP contribution in [0, 0.1) is 52.3 Å². The summed E-state index contributed by atoms with van der Waals surface area (Å²) in [4.78, 5) is 12.1. The minimum Gasteiger partial charge on any atom is -0.396 e. The number of rotatable bonds is 6. The number of aliphatic hydroxyl groups is 1. The van der Waals surface area contributed by atoms with Crippen LogP contribution < -0.4 is 0 Å². The van der Waals surface area contributed by atoms with E-state index in [0.717, 1.165) is 42.4 Å². The van der Waals surface area contributed by atoms with Crippen LogP contribution in [0.1, 0.15) is 105 Å². The molecule has 0 amide bonds. The number of aliphatic hydroxyl groups excluding tert-OH is 1. The third kappa shape index (κ3) is 3.74. The van der Waals surface area contributed by atoms with Crippen molar-refractivity contribution in [3.63, 3.8) is 0 Å². The Hall–Kier alpha value is -0.370. The fraction of sp³-hybridized carbons (Fsp3) is 0.963. The van der Waals surface area contributed by atoms with Crippen LogP contribution in [0.3, 0.4) is 0 Å². The summed E-state index contributed by atoms with van der Waals surface area (Å²) < 4.78 is 0. The van der Waals surface area contributed by atoms with Crippen LogP contribution in [-0.2, 0) is 4.79 Å². The molecule has 0 aromatic rings. The van der Waals surface area contributed by atoms with Crippen molar-refractivity contribution in [2.45, 2.75) is 105 Å². The first-order chi connectivity index (χ1) is 13.8. The summed E-state index contributed by atoms with van der Waals surface area (Å²) in [6.45, 7) is 10.3. The van der Waals surface area contributed by atoms with Crippen LogP contribution in [0.5, 0.6) is 0 Å². The average Bonchev–Trinajstić information content (AvgIpc) is 3.05. The second-order valence-corrected chi connectivity index (χ2v) is 12.3. The smallest absolute Gasteiger partial charge is 0.133 e. The number of carbonyl (C=O) groups excluding carboxylic acids is 1. The predicted octanol–water partition coefficient (Wildman–Crippen LogP) is 6.65. The van der Waals surface area contributed by atoms with Crippen molar-refractivity contribution in [1.82, 2.24) is 0 Å². The normalized spacial score (nSPS) is 46.5. The number of hydrogen-bond donors (Lipinski definition) is 1. The third-order valence-electron chi connectivity index (χ3n) is 10.9. The molecule has 0 bridgehead atoms. The lowest BCUT2D eigenvalue weighted by Crippen LogP contribution is -2.53. The molecule has 4 aliphatic rings. The summed E-state index contributed by atoms with van der Waals surface area (Å²) in [5.41, 5.74) is 0.999. The molecule has 166 valence electrons. The van der Waals surface area contributed by atoms with E-state index < -0.39 is 0 Å². The molecule has 9 atom stereocenters. The Morgan fingerprint density at radius 1 is 0.966 bits per heavy atom. The molecule has 4 aliphatic carbocycles. The van der Waals surface area contributed by atoms with Crippen molar-refractivity contribution in [2.24, 2.45) is 52.3 Å². The van der Waals surface area contributed by atoms with Gasteiger partial charge in [-0.25, -0.2) is 0 Å². The Kier molecular flexibility index (Phi) is 6.24. The Balaban J connectivity index is 1.44. The van der Waals surface area contributed by atoms with E-state index in [2.05, 4.69) is 27.7 Å². The van der Waals surface area contributed by atoms with Gasteiger partial charge in [0, 0.05) is 19.4 Å². The molecule has 0 aromatic heterocycles. The third-order valence-corrected chi connectivity index (χ3v) is 10.9. The van der Waals surface area contributed by atoms with Crippen molar-refractivity contribution in [3.05, 3.63) is 0 Å². The van der Waals surface area contributed by atoms with Gasteiger partial charge in [-0.3, -0.25) is 4.79 Å². The van der Waals surface area contributed by atoms with Crippen LogP contribution in [0.15, 0.2) is 0 Å². The minimum absolute atomic E-state index is 0.339. The molecule has 0 saturated heterocycles. The zero-order valence-electron chi connectivity index (χ0n) is 19.6. The lowest BCUT2D eigenvalue weighted by Gasteiger charge is -2.60. The lowest BCUT2D eigenvalue weighted by molar-refractivity contribution is -0.140. The molecule has 1 N–H and O–H groups in total. The monoisotopic (exact) mass is 402 g/mol. The van der Waals surface area contributed by atoms with Gasteiger partial charge in [0.05, 0.1) is 0 Å². The van der Waals surface area contributed by atoms with E-state index in [0.29, 0.717) is 35.1 Å². The predicted molar refractivity (Wildman–Crippen MR) is 119 cm³/mol. The van der Waals surface area contributed by atoms with Crippen molar-refractivity contribution >= 4 is 5.78 Å². The quantitative estimate of drug-likeness (QED) is 0.540. The molecule has 0 aliphatic heterocycles.